The highest BCUT2D eigenvalue weighted by Gasteiger charge is 2.07. The van der Waals surface area contributed by atoms with Crippen molar-refractivity contribution in [3.63, 3.8) is 0 Å². The zero-order valence-electron chi connectivity index (χ0n) is 9.72. The molecule has 0 aliphatic rings. The minimum Gasteiger partial charge on any atom is -0.395 e. The first kappa shape index (κ1) is 13.6. The van der Waals surface area contributed by atoms with Crippen LogP contribution in [-0.4, -0.2) is 46.4 Å². The van der Waals surface area contributed by atoms with Crippen molar-refractivity contribution in [2.75, 3.05) is 26.3 Å². The number of hydrogen-bond acceptors (Lipinski definition) is 5. The maximum absolute atomic E-state index is 8.89. The SMILES string of the molecule is CCCc1nc(CN(CCO)CCO)cs1. The van der Waals surface area contributed by atoms with Gasteiger partial charge in [-0.2, -0.15) is 0 Å². The molecule has 0 saturated carbocycles. The molecule has 0 saturated heterocycles. The predicted molar refractivity (Wildman–Crippen MR) is 65.6 cm³/mol. The van der Waals surface area contributed by atoms with Crippen molar-refractivity contribution in [2.24, 2.45) is 0 Å². The fraction of sp³-hybridized carbons (Fsp3) is 0.727. The number of aromatic nitrogens is 1. The molecule has 5 heteroatoms. The molecular formula is C11H20N2O2S. The van der Waals surface area contributed by atoms with Gasteiger partial charge < -0.3 is 10.2 Å². The number of aliphatic hydroxyl groups excluding tert-OH is 2. The van der Waals surface area contributed by atoms with E-state index in [9.17, 15) is 0 Å². The average Bonchev–Trinajstić information content (AvgIpc) is 2.67. The smallest absolute Gasteiger partial charge is 0.0928 e. The fourth-order valence-corrected chi connectivity index (χ4v) is 2.42. The Kier molecular flexibility index (Phi) is 6.56. The van der Waals surface area contributed by atoms with Gasteiger partial charge in [-0.05, 0) is 12.8 Å². The van der Waals surface area contributed by atoms with E-state index in [1.54, 1.807) is 11.3 Å². The van der Waals surface area contributed by atoms with Crippen molar-refractivity contribution in [3.05, 3.63) is 16.1 Å². The topological polar surface area (TPSA) is 56.6 Å². The van der Waals surface area contributed by atoms with Crippen LogP contribution in [0.2, 0.25) is 0 Å². The quantitative estimate of drug-likeness (QED) is 0.713. The Morgan fingerprint density at radius 3 is 2.56 bits per heavy atom. The van der Waals surface area contributed by atoms with Crippen molar-refractivity contribution in [1.29, 1.82) is 0 Å². The summed E-state index contributed by atoms with van der Waals surface area (Å²) < 4.78 is 0. The monoisotopic (exact) mass is 244 g/mol. The van der Waals surface area contributed by atoms with Gasteiger partial charge >= 0.3 is 0 Å². The Morgan fingerprint density at radius 1 is 1.31 bits per heavy atom. The van der Waals surface area contributed by atoms with Gasteiger partial charge in [0.15, 0.2) is 0 Å². The van der Waals surface area contributed by atoms with Gasteiger partial charge in [-0.25, -0.2) is 4.98 Å². The van der Waals surface area contributed by atoms with E-state index in [1.807, 2.05) is 4.90 Å². The van der Waals surface area contributed by atoms with E-state index in [-0.39, 0.29) is 13.2 Å². The average molecular weight is 244 g/mol. The molecule has 0 aliphatic carbocycles. The van der Waals surface area contributed by atoms with Crippen LogP contribution in [0, 0.1) is 0 Å². The number of hydrogen-bond donors (Lipinski definition) is 2. The van der Waals surface area contributed by atoms with E-state index in [2.05, 4.69) is 17.3 Å². The van der Waals surface area contributed by atoms with E-state index in [0.717, 1.165) is 18.5 Å². The maximum Gasteiger partial charge on any atom is 0.0928 e. The summed E-state index contributed by atoms with van der Waals surface area (Å²) in [6.45, 7) is 4.26. The molecule has 0 aromatic carbocycles. The third-order valence-electron chi connectivity index (χ3n) is 2.28. The molecule has 4 nitrogen and oxygen atoms in total. The minimum atomic E-state index is 0.117. The Balaban J connectivity index is 2.48. The molecule has 0 amide bonds. The largest absolute Gasteiger partial charge is 0.395 e. The zero-order valence-corrected chi connectivity index (χ0v) is 10.5. The molecule has 0 fully saturated rings. The van der Waals surface area contributed by atoms with Crippen LogP contribution in [0.1, 0.15) is 24.0 Å². The van der Waals surface area contributed by atoms with Crippen LogP contribution in [0.3, 0.4) is 0 Å². The minimum absolute atomic E-state index is 0.117. The Morgan fingerprint density at radius 2 is 2.00 bits per heavy atom. The standard InChI is InChI=1S/C11H20N2O2S/c1-2-3-11-12-10(9-16-11)8-13(4-6-14)5-7-15/h9,14-15H,2-8H2,1H3. The molecule has 92 valence electrons. The van der Waals surface area contributed by atoms with Crippen molar-refractivity contribution in [3.8, 4) is 0 Å². The molecule has 0 bridgehead atoms. The van der Waals surface area contributed by atoms with E-state index in [4.69, 9.17) is 10.2 Å². The number of rotatable bonds is 8. The number of aliphatic hydroxyl groups is 2. The van der Waals surface area contributed by atoms with E-state index >= 15 is 0 Å². The molecule has 1 aromatic rings. The molecule has 0 spiro atoms. The Hall–Kier alpha value is -0.490. The fourth-order valence-electron chi connectivity index (χ4n) is 1.53. The third kappa shape index (κ3) is 4.57. The third-order valence-corrected chi connectivity index (χ3v) is 3.24. The van der Waals surface area contributed by atoms with Gasteiger partial charge in [0.25, 0.3) is 0 Å². The van der Waals surface area contributed by atoms with Crippen LogP contribution in [0.15, 0.2) is 5.38 Å². The van der Waals surface area contributed by atoms with Gasteiger partial charge in [0.1, 0.15) is 0 Å². The first-order valence-electron chi connectivity index (χ1n) is 5.67. The summed E-state index contributed by atoms with van der Waals surface area (Å²) >= 11 is 1.69. The van der Waals surface area contributed by atoms with Gasteiger partial charge in [0.2, 0.25) is 0 Å². The lowest BCUT2D eigenvalue weighted by molar-refractivity contribution is 0.155. The molecule has 2 N–H and O–H groups in total. The van der Waals surface area contributed by atoms with E-state index in [0.29, 0.717) is 19.6 Å². The van der Waals surface area contributed by atoms with Crippen LogP contribution >= 0.6 is 11.3 Å². The second-order valence-corrected chi connectivity index (χ2v) is 4.65. The lowest BCUT2D eigenvalue weighted by atomic mass is 10.3. The molecule has 0 atom stereocenters. The highest BCUT2D eigenvalue weighted by atomic mass is 32.1. The summed E-state index contributed by atoms with van der Waals surface area (Å²) in [6, 6.07) is 0. The number of aryl methyl sites for hydroxylation is 1. The van der Waals surface area contributed by atoms with Crippen molar-refractivity contribution >= 4 is 11.3 Å². The summed E-state index contributed by atoms with van der Waals surface area (Å²) in [5.41, 5.74) is 1.04. The highest BCUT2D eigenvalue weighted by Crippen LogP contribution is 2.13. The normalized spacial score (nSPS) is 11.2. The van der Waals surface area contributed by atoms with Crippen molar-refractivity contribution in [2.45, 2.75) is 26.3 Å². The molecular weight excluding hydrogens is 224 g/mol. The van der Waals surface area contributed by atoms with Gasteiger partial charge in [-0.1, -0.05) is 6.92 Å². The molecule has 0 unspecified atom stereocenters. The van der Waals surface area contributed by atoms with E-state index < -0.39 is 0 Å². The summed E-state index contributed by atoms with van der Waals surface area (Å²) in [6.07, 6.45) is 2.15. The first-order chi connectivity index (χ1) is 7.80. The van der Waals surface area contributed by atoms with Gasteiger partial charge in [-0.3, -0.25) is 4.90 Å². The second-order valence-electron chi connectivity index (χ2n) is 3.71. The van der Waals surface area contributed by atoms with Crippen LogP contribution in [0.25, 0.3) is 0 Å². The van der Waals surface area contributed by atoms with Crippen molar-refractivity contribution in [1.82, 2.24) is 9.88 Å². The predicted octanol–water partition coefficient (Wildman–Crippen LogP) is 0.882. The Labute approximate surface area is 101 Å². The summed E-state index contributed by atoms with van der Waals surface area (Å²) in [5, 5.41) is 21.0. The second kappa shape index (κ2) is 7.73. The van der Waals surface area contributed by atoms with Crippen LogP contribution in [-0.2, 0) is 13.0 Å². The summed E-state index contributed by atoms with van der Waals surface area (Å²) in [4.78, 5) is 6.52. The number of nitrogens with zero attached hydrogens (tertiary/aromatic N) is 2. The lowest BCUT2D eigenvalue weighted by Gasteiger charge is -2.18. The van der Waals surface area contributed by atoms with Gasteiger partial charge in [-0.15, -0.1) is 11.3 Å². The summed E-state index contributed by atoms with van der Waals surface area (Å²) in [5.74, 6) is 0. The molecule has 0 aliphatic heterocycles. The highest BCUT2D eigenvalue weighted by molar-refractivity contribution is 7.09. The van der Waals surface area contributed by atoms with E-state index in [1.165, 1.54) is 5.01 Å². The van der Waals surface area contributed by atoms with Crippen LogP contribution < -0.4 is 0 Å². The maximum atomic E-state index is 8.89. The zero-order chi connectivity index (χ0) is 11.8. The Bertz CT molecular complexity index is 285. The summed E-state index contributed by atoms with van der Waals surface area (Å²) in [7, 11) is 0. The van der Waals surface area contributed by atoms with Crippen molar-refractivity contribution < 1.29 is 10.2 Å². The molecule has 1 heterocycles. The van der Waals surface area contributed by atoms with Gasteiger partial charge in [0.05, 0.1) is 23.9 Å². The first-order valence-corrected chi connectivity index (χ1v) is 6.55. The molecule has 0 radical (unpaired) electrons. The lowest BCUT2D eigenvalue weighted by Crippen LogP contribution is -2.29. The molecule has 1 rings (SSSR count). The molecule has 1 aromatic heterocycles. The number of thiazole rings is 1. The molecule has 16 heavy (non-hydrogen) atoms. The van der Waals surface area contributed by atoms with Gasteiger partial charge in [0, 0.05) is 25.0 Å². The van der Waals surface area contributed by atoms with Crippen LogP contribution in [0.4, 0.5) is 0 Å². The van der Waals surface area contributed by atoms with Crippen LogP contribution in [0.5, 0.6) is 0 Å².